The van der Waals surface area contributed by atoms with Gasteiger partial charge in [0.05, 0.1) is 19.3 Å². The van der Waals surface area contributed by atoms with Gasteiger partial charge in [0.2, 0.25) is 0 Å². The van der Waals surface area contributed by atoms with Crippen molar-refractivity contribution in [2.45, 2.75) is 55.8 Å². The van der Waals surface area contributed by atoms with Gasteiger partial charge in [-0.3, -0.25) is 0 Å². The third kappa shape index (κ3) is 5.11. The molecule has 22 heavy (non-hydrogen) atoms. The zero-order valence-electron chi connectivity index (χ0n) is 11.7. The number of rotatable bonds is 8. The van der Waals surface area contributed by atoms with Crippen molar-refractivity contribution in [1.29, 1.82) is 0 Å². The maximum Gasteiger partial charge on any atom is 0.332 e. The summed E-state index contributed by atoms with van der Waals surface area (Å²) in [6.45, 7) is -0.951. The second kappa shape index (κ2) is 8.70. The maximum atomic E-state index is 10.4. The predicted octanol–water partition coefficient (Wildman–Crippen LogP) is -3.61. The Morgan fingerprint density at radius 1 is 1.09 bits per heavy atom. The van der Waals surface area contributed by atoms with Crippen molar-refractivity contribution in [3.63, 3.8) is 0 Å². The number of aliphatic hydroxyl groups is 6. The quantitative estimate of drug-likeness (QED) is 0.236. The Morgan fingerprint density at radius 2 is 1.73 bits per heavy atom. The van der Waals surface area contributed by atoms with E-state index in [1.165, 1.54) is 0 Å². The van der Waals surface area contributed by atoms with E-state index in [9.17, 15) is 25.2 Å². The molecule has 0 radical (unpaired) electrons. The zero-order chi connectivity index (χ0) is 16.9. The Labute approximate surface area is 126 Å². The Morgan fingerprint density at radius 3 is 2.27 bits per heavy atom. The molecule has 0 bridgehead atoms. The molecule has 1 saturated heterocycles. The van der Waals surface area contributed by atoms with Gasteiger partial charge in [-0.1, -0.05) is 0 Å². The van der Waals surface area contributed by atoms with Crippen molar-refractivity contribution in [2.24, 2.45) is 0 Å². The molecule has 0 aromatic carbocycles. The molecule has 0 amide bonds. The van der Waals surface area contributed by atoms with Gasteiger partial charge in [-0.2, -0.15) is 0 Å². The number of aliphatic carboxylic acids is 1. The second-order valence-electron chi connectivity index (χ2n) is 5.12. The summed E-state index contributed by atoms with van der Waals surface area (Å²) in [6.07, 6.45) is -10.1. The first kappa shape index (κ1) is 19.2. The van der Waals surface area contributed by atoms with Crippen LogP contribution in [0.1, 0.15) is 12.8 Å². The van der Waals surface area contributed by atoms with Crippen LogP contribution in [-0.2, 0) is 14.3 Å². The highest BCUT2D eigenvalue weighted by Crippen LogP contribution is 2.22. The molecular formula is C12H22O10. The van der Waals surface area contributed by atoms with Gasteiger partial charge in [-0.05, 0) is 12.8 Å². The molecule has 1 aliphatic heterocycles. The largest absolute Gasteiger partial charge is 0.479 e. The Balaban J connectivity index is 2.40. The van der Waals surface area contributed by atoms with Gasteiger partial charge in [-0.15, -0.1) is 0 Å². The third-order valence-corrected chi connectivity index (χ3v) is 3.36. The summed E-state index contributed by atoms with van der Waals surface area (Å²) in [5.74, 6) is -1.40. The summed E-state index contributed by atoms with van der Waals surface area (Å²) < 4.78 is 10.1. The average Bonchev–Trinajstić information content (AvgIpc) is 2.49. The molecule has 1 rings (SSSR count). The van der Waals surface area contributed by atoms with E-state index in [4.69, 9.17) is 24.8 Å². The van der Waals surface area contributed by atoms with Crippen molar-refractivity contribution >= 4 is 5.97 Å². The van der Waals surface area contributed by atoms with Gasteiger partial charge in [0.1, 0.15) is 24.4 Å². The fourth-order valence-corrected chi connectivity index (χ4v) is 1.97. The molecule has 7 atom stereocenters. The molecule has 7 N–H and O–H groups in total. The first-order valence-corrected chi connectivity index (χ1v) is 6.79. The molecule has 0 spiro atoms. The van der Waals surface area contributed by atoms with Gasteiger partial charge >= 0.3 is 5.97 Å². The fraction of sp³-hybridized carbons (Fsp3) is 0.917. The standard InChI is InChI=1S/C12H22O10/c13-3-7-8(16)9(17)10(18)12(22-7)21-4-5(14)1-2-6(15)11(19)20/h5-10,12-18H,1-4H2,(H,19,20). The van der Waals surface area contributed by atoms with E-state index in [1.54, 1.807) is 0 Å². The molecule has 10 nitrogen and oxygen atoms in total. The molecule has 0 aromatic rings. The number of hydrogen-bond acceptors (Lipinski definition) is 9. The van der Waals surface area contributed by atoms with E-state index in [0.29, 0.717) is 0 Å². The van der Waals surface area contributed by atoms with Crippen LogP contribution < -0.4 is 0 Å². The molecule has 1 fully saturated rings. The minimum Gasteiger partial charge on any atom is -0.479 e. The summed E-state index contributed by atoms with van der Waals surface area (Å²) in [7, 11) is 0. The van der Waals surface area contributed by atoms with Crippen molar-refractivity contribution in [1.82, 2.24) is 0 Å². The number of carbonyl (C=O) groups is 1. The minimum atomic E-state index is -1.60. The van der Waals surface area contributed by atoms with E-state index < -0.39 is 55.5 Å². The van der Waals surface area contributed by atoms with E-state index in [0.717, 1.165) is 0 Å². The van der Waals surface area contributed by atoms with Gasteiger partial charge in [-0.25, -0.2) is 4.79 Å². The number of aliphatic hydroxyl groups excluding tert-OH is 6. The summed E-state index contributed by atoms with van der Waals surface area (Å²) in [5.41, 5.74) is 0. The summed E-state index contributed by atoms with van der Waals surface area (Å²) >= 11 is 0. The highest BCUT2D eigenvalue weighted by Gasteiger charge is 2.44. The molecular weight excluding hydrogens is 304 g/mol. The smallest absolute Gasteiger partial charge is 0.332 e. The topological polar surface area (TPSA) is 177 Å². The summed E-state index contributed by atoms with van der Waals surface area (Å²) in [6, 6.07) is 0. The summed E-state index contributed by atoms with van der Waals surface area (Å²) in [4.78, 5) is 10.4. The third-order valence-electron chi connectivity index (χ3n) is 3.36. The van der Waals surface area contributed by atoms with Crippen molar-refractivity contribution < 1.29 is 50.0 Å². The lowest BCUT2D eigenvalue weighted by Crippen LogP contribution is -2.59. The highest BCUT2D eigenvalue weighted by atomic mass is 16.7. The highest BCUT2D eigenvalue weighted by molar-refractivity contribution is 5.71. The number of hydrogen-bond donors (Lipinski definition) is 7. The van der Waals surface area contributed by atoms with Crippen LogP contribution in [0.25, 0.3) is 0 Å². The van der Waals surface area contributed by atoms with Crippen LogP contribution in [0.5, 0.6) is 0 Å². The summed E-state index contributed by atoms with van der Waals surface area (Å²) in [5, 5.41) is 64.9. The van der Waals surface area contributed by atoms with E-state index in [-0.39, 0.29) is 19.4 Å². The predicted molar refractivity (Wildman–Crippen MR) is 68.6 cm³/mol. The molecule has 7 unspecified atom stereocenters. The van der Waals surface area contributed by atoms with Crippen molar-refractivity contribution in [2.75, 3.05) is 13.2 Å². The SMILES string of the molecule is O=C(O)C(O)CCC(O)COC1OC(CO)C(O)C(O)C1O. The number of ether oxygens (including phenoxy) is 2. The molecule has 1 aliphatic rings. The van der Waals surface area contributed by atoms with Crippen molar-refractivity contribution in [3.05, 3.63) is 0 Å². The van der Waals surface area contributed by atoms with Crippen LogP contribution >= 0.6 is 0 Å². The Kier molecular flexibility index (Phi) is 7.59. The maximum absolute atomic E-state index is 10.4. The average molecular weight is 326 g/mol. The molecule has 0 aromatic heterocycles. The van der Waals surface area contributed by atoms with Crippen LogP contribution in [0.3, 0.4) is 0 Å². The minimum absolute atomic E-state index is 0.0646. The number of carboxylic acids is 1. The lowest BCUT2D eigenvalue weighted by Gasteiger charge is -2.39. The van der Waals surface area contributed by atoms with Crippen LogP contribution in [0.4, 0.5) is 0 Å². The molecule has 10 heteroatoms. The van der Waals surface area contributed by atoms with Gasteiger partial charge in [0.25, 0.3) is 0 Å². The zero-order valence-corrected chi connectivity index (χ0v) is 11.7. The molecule has 0 saturated carbocycles. The normalized spacial score (nSPS) is 35.1. The second-order valence-corrected chi connectivity index (χ2v) is 5.12. The lowest BCUT2D eigenvalue weighted by atomic mass is 9.99. The number of carboxylic acid groups (broad SMARTS) is 1. The first-order chi connectivity index (χ1) is 10.3. The van der Waals surface area contributed by atoms with Crippen LogP contribution in [0.2, 0.25) is 0 Å². The fourth-order valence-electron chi connectivity index (χ4n) is 1.97. The Hall–Kier alpha value is -0.850. The van der Waals surface area contributed by atoms with Crippen molar-refractivity contribution in [3.8, 4) is 0 Å². The monoisotopic (exact) mass is 326 g/mol. The molecule has 0 aliphatic carbocycles. The van der Waals surface area contributed by atoms with Crippen LogP contribution in [0.15, 0.2) is 0 Å². The molecule has 130 valence electrons. The molecule has 1 heterocycles. The van der Waals surface area contributed by atoms with Gasteiger partial charge < -0.3 is 45.2 Å². The van der Waals surface area contributed by atoms with Gasteiger partial charge in [0, 0.05) is 0 Å². The first-order valence-electron chi connectivity index (χ1n) is 6.79. The van der Waals surface area contributed by atoms with E-state index in [2.05, 4.69) is 0 Å². The van der Waals surface area contributed by atoms with Crippen LogP contribution in [-0.4, -0.2) is 97.8 Å². The Bertz CT molecular complexity index is 349. The lowest BCUT2D eigenvalue weighted by molar-refractivity contribution is -0.304. The van der Waals surface area contributed by atoms with E-state index >= 15 is 0 Å². The van der Waals surface area contributed by atoms with Crippen LogP contribution in [0, 0.1) is 0 Å². The van der Waals surface area contributed by atoms with E-state index in [1.807, 2.05) is 0 Å². The van der Waals surface area contributed by atoms with Gasteiger partial charge in [0.15, 0.2) is 12.4 Å².